The van der Waals surface area contributed by atoms with E-state index in [4.69, 9.17) is 25.8 Å². The van der Waals surface area contributed by atoms with Gasteiger partial charge in [0, 0.05) is 6.07 Å². The Labute approximate surface area is 96.8 Å². The molecule has 86 valence electrons. The topological polar surface area (TPSA) is 54.0 Å². The van der Waals surface area contributed by atoms with Gasteiger partial charge in [-0.1, -0.05) is 11.6 Å². The number of rotatable bonds is 2. The Kier molecular flexibility index (Phi) is 3.05. The van der Waals surface area contributed by atoms with Crippen LogP contribution in [0, 0.1) is 0 Å². The largest absolute Gasteiger partial charge is 0.515 e. The van der Waals surface area contributed by atoms with E-state index in [1.807, 2.05) is 0 Å². The Morgan fingerprint density at radius 2 is 2.19 bits per heavy atom. The van der Waals surface area contributed by atoms with Crippen molar-refractivity contribution in [1.82, 2.24) is 0 Å². The monoisotopic (exact) mass is 244 g/mol. The summed E-state index contributed by atoms with van der Waals surface area (Å²) in [5.41, 5.74) is -0.735. The van der Waals surface area contributed by atoms with Gasteiger partial charge in [-0.3, -0.25) is 0 Å². The number of halogens is 1. The third-order valence-electron chi connectivity index (χ3n) is 1.80. The molecule has 0 saturated carbocycles. The van der Waals surface area contributed by atoms with Crippen molar-refractivity contribution >= 4 is 17.8 Å². The summed E-state index contributed by atoms with van der Waals surface area (Å²) < 4.78 is 19.7. The van der Waals surface area contributed by atoms with Crippen LogP contribution >= 0.6 is 11.6 Å². The summed E-state index contributed by atoms with van der Waals surface area (Å²) in [5, 5.41) is 0. The first-order valence-corrected chi connectivity index (χ1v) is 5.01. The maximum Gasteiger partial charge on any atom is 0.515 e. The molecule has 1 aromatic carbocycles. The third-order valence-corrected chi connectivity index (χ3v) is 1.89. The van der Waals surface area contributed by atoms with Crippen molar-refractivity contribution in [1.29, 1.82) is 0 Å². The molecule has 6 heteroatoms. The average Bonchev–Trinajstić information content (AvgIpc) is 2.63. The van der Waals surface area contributed by atoms with Gasteiger partial charge >= 0.3 is 6.16 Å². The molecular weight excluding hydrogens is 236 g/mol. The van der Waals surface area contributed by atoms with Gasteiger partial charge in [0.25, 0.3) is 0 Å². The Hall–Kier alpha value is -1.62. The standard InChI is InChI=1S/C10H9ClO5/c1-6(11)15-10(12)16-7-2-3-8-9(4-7)14-5-13-8/h2-4,6H,5H2,1H3. The van der Waals surface area contributed by atoms with E-state index in [0.717, 1.165) is 0 Å². The number of hydrogen-bond acceptors (Lipinski definition) is 5. The van der Waals surface area contributed by atoms with Gasteiger partial charge in [0.05, 0.1) is 0 Å². The van der Waals surface area contributed by atoms with E-state index >= 15 is 0 Å². The zero-order chi connectivity index (χ0) is 11.5. The molecule has 1 heterocycles. The molecule has 16 heavy (non-hydrogen) atoms. The van der Waals surface area contributed by atoms with Crippen molar-refractivity contribution in [2.45, 2.75) is 12.5 Å². The number of carbonyl (C=O) groups is 1. The van der Waals surface area contributed by atoms with Crippen LogP contribution < -0.4 is 14.2 Å². The summed E-state index contributed by atoms with van der Waals surface area (Å²) in [7, 11) is 0. The van der Waals surface area contributed by atoms with E-state index in [2.05, 4.69) is 4.74 Å². The lowest BCUT2D eigenvalue weighted by atomic mass is 10.3. The highest BCUT2D eigenvalue weighted by molar-refractivity contribution is 6.19. The van der Waals surface area contributed by atoms with Crippen LogP contribution in [-0.4, -0.2) is 18.5 Å². The molecule has 1 unspecified atom stereocenters. The second-order valence-electron chi connectivity index (χ2n) is 3.03. The van der Waals surface area contributed by atoms with Crippen molar-refractivity contribution in [2.24, 2.45) is 0 Å². The minimum Gasteiger partial charge on any atom is -0.454 e. The van der Waals surface area contributed by atoms with E-state index in [0.29, 0.717) is 17.2 Å². The lowest BCUT2D eigenvalue weighted by molar-refractivity contribution is 0.0923. The Morgan fingerprint density at radius 1 is 1.44 bits per heavy atom. The average molecular weight is 245 g/mol. The van der Waals surface area contributed by atoms with E-state index in [1.54, 1.807) is 18.2 Å². The molecule has 5 nitrogen and oxygen atoms in total. The summed E-state index contributed by atoms with van der Waals surface area (Å²) in [5.74, 6) is 1.46. The molecule has 0 radical (unpaired) electrons. The van der Waals surface area contributed by atoms with E-state index in [-0.39, 0.29) is 6.79 Å². The van der Waals surface area contributed by atoms with Gasteiger partial charge < -0.3 is 18.9 Å². The van der Waals surface area contributed by atoms with Gasteiger partial charge in [0.2, 0.25) is 6.79 Å². The fourth-order valence-corrected chi connectivity index (χ4v) is 1.27. The van der Waals surface area contributed by atoms with Crippen LogP contribution in [0.3, 0.4) is 0 Å². The van der Waals surface area contributed by atoms with Crippen molar-refractivity contribution in [3.63, 3.8) is 0 Å². The van der Waals surface area contributed by atoms with Crippen LogP contribution in [-0.2, 0) is 4.74 Å². The molecule has 1 atom stereocenters. The third kappa shape index (κ3) is 2.49. The SMILES string of the molecule is CC(Cl)OC(=O)Oc1ccc2c(c1)OCO2. The van der Waals surface area contributed by atoms with Crippen LogP contribution in [0.5, 0.6) is 17.2 Å². The summed E-state index contributed by atoms with van der Waals surface area (Å²) in [6, 6.07) is 4.77. The molecular formula is C10H9ClO5. The molecule has 0 aromatic heterocycles. The Morgan fingerprint density at radius 3 is 2.94 bits per heavy atom. The fourth-order valence-electron chi connectivity index (χ4n) is 1.19. The van der Waals surface area contributed by atoms with Gasteiger partial charge in [-0.25, -0.2) is 4.79 Å². The molecule has 0 N–H and O–H groups in total. The molecule has 2 rings (SSSR count). The fraction of sp³-hybridized carbons (Fsp3) is 0.300. The predicted octanol–water partition coefficient (Wildman–Crippen LogP) is 2.52. The van der Waals surface area contributed by atoms with Gasteiger partial charge in [0.1, 0.15) is 5.75 Å². The first-order chi connectivity index (χ1) is 7.65. The minimum absolute atomic E-state index is 0.169. The van der Waals surface area contributed by atoms with Crippen molar-refractivity contribution in [3.05, 3.63) is 18.2 Å². The molecule has 0 spiro atoms. The van der Waals surface area contributed by atoms with E-state index in [9.17, 15) is 4.79 Å². The van der Waals surface area contributed by atoms with Crippen molar-refractivity contribution < 1.29 is 23.7 Å². The highest BCUT2D eigenvalue weighted by atomic mass is 35.5. The lowest BCUT2D eigenvalue weighted by Crippen LogP contribution is -2.14. The highest BCUT2D eigenvalue weighted by Gasteiger charge is 2.16. The molecule has 1 aromatic rings. The number of carbonyl (C=O) groups excluding carboxylic acids is 1. The molecule has 0 bridgehead atoms. The summed E-state index contributed by atoms with van der Waals surface area (Å²) in [6.07, 6.45) is -0.860. The van der Waals surface area contributed by atoms with Gasteiger partial charge in [0.15, 0.2) is 17.1 Å². The van der Waals surface area contributed by atoms with Gasteiger partial charge in [-0.15, -0.1) is 0 Å². The Bertz CT molecular complexity index is 404. The molecule has 1 aliphatic heterocycles. The zero-order valence-electron chi connectivity index (χ0n) is 8.44. The number of alkyl halides is 1. The maximum absolute atomic E-state index is 11.1. The van der Waals surface area contributed by atoms with Crippen LogP contribution in [0.2, 0.25) is 0 Å². The molecule has 0 aliphatic carbocycles. The van der Waals surface area contributed by atoms with E-state index in [1.165, 1.54) is 6.92 Å². The molecule has 0 saturated heterocycles. The smallest absolute Gasteiger partial charge is 0.454 e. The quantitative estimate of drug-likeness (QED) is 0.455. The van der Waals surface area contributed by atoms with Crippen LogP contribution in [0.1, 0.15) is 6.92 Å². The predicted molar refractivity (Wildman–Crippen MR) is 55.0 cm³/mol. The number of fused-ring (bicyclic) bond motifs is 1. The second-order valence-corrected chi connectivity index (χ2v) is 3.64. The van der Waals surface area contributed by atoms with E-state index < -0.39 is 11.7 Å². The number of ether oxygens (including phenoxy) is 4. The van der Waals surface area contributed by atoms with Crippen molar-refractivity contribution in [3.8, 4) is 17.2 Å². The lowest BCUT2D eigenvalue weighted by Gasteiger charge is -2.07. The first kappa shape index (κ1) is 10.9. The molecule has 1 aliphatic rings. The molecule has 0 fully saturated rings. The van der Waals surface area contributed by atoms with Crippen LogP contribution in [0.25, 0.3) is 0 Å². The summed E-state index contributed by atoms with van der Waals surface area (Å²) >= 11 is 5.46. The van der Waals surface area contributed by atoms with Crippen LogP contribution in [0.15, 0.2) is 18.2 Å². The molecule has 0 amide bonds. The van der Waals surface area contributed by atoms with Gasteiger partial charge in [-0.2, -0.15) is 0 Å². The summed E-state index contributed by atoms with van der Waals surface area (Å²) in [4.78, 5) is 11.1. The summed E-state index contributed by atoms with van der Waals surface area (Å²) in [6.45, 7) is 1.68. The van der Waals surface area contributed by atoms with Gasteiger partial charge in [-0.05, 0) is 19.1 Å². The minimum atomic E-state index is -0.860. The number of benzene rings is 1. The van der Waals surface area contributed by atoms with Crippen molar-refractivity contribution in [2.75, 3.05) is 6.79 Å². The zero-order valence-corrected chi connectivity index (χ0v) is 9.19. The maximum atomic E-state index is 11.1. The number of hydrogen-bond donors (Lipinski definition) is 0. The Balaban J connectivity index is 2.02. The van der Waals surface area contributed by atoms with Crippen LogP contribution in [0.4, 0.5) is 4.79 Å². The normalized spacial score (nSPS) is 14.4. The highest BCUT2D eigenvalue weighted by Crippen LogP contribution is 2.35. The second kappa shape index (κ2) is 4.49. The first-order valence-electron chi connectivity index (χ1n) is 4.57.